The van der Waals surface area contributed by atoms with Gasteiger partial charge in [0.05, 0.1) is 23.1 Å². The van der Waals surface area contributed by atoms with Crippen molar-refractivity contribution in [1.82, 2.24) is 29.8 Å². The lowest BCUT2D eigenvalue weighted by Gasteiger charge is -2.20. The first-order valence-corrected chi connectivity index (χ1v) is 17.9. The molecule has 4 N–H and O–H groups in total. The van der Waals surface area contributed by atoms with Gasteiger partial charge in [-0.1, -0.05) is 57.4 Å². The van der Waals surface area contributed by atoms with E-state index in [0.29, 0.717) is 30.9 Å². The van der Waals surface area contributed by atoms with Crippen molar-refractivity contribution >= 4 is 35.0 Å². The Morgan fingerprint density at radius 1 is 0.980 bits per heavy atom. The van der Waals surface area contributed by atoms with Crippen molar-refractivity contribution in [2.45, 2.75) is 83.2 Å². The van der Waals surface area contributed by atoms with Crippen LogP contribution in [0.3, 0.4) is 0 Å². The first-order valence-electron chi connectivity index (χ1n) is 17.1. The molecule has 0 bridgehead atoms. The lowest BCUT2D eigenvalue weighted by atomic mass is 10.00. The van der Waals surface area contributed by atoms with Crippen molar-refractivity contribution in [1.29, 1.82) is 0 Å². The van der Waals surface area contributed by atoms with Crippen LogP contribution in [0, 0.1) is 13.8 Å². The summed E-state index contributed by atoms with van der Waals surface area (Å²) in [6.45, 7) is 9.56. The second-order valence-corrected chi connectivity index (χ2v) is 13.8. The van der Waals surface area contributed by atoms with Gasteiger partial charge in [0.25, 0.3) is 0 Å². The Balaban J connectivity index is 1.35. The summed E-state index contributed by atoms with van der Waals surface area (Å²) in [6.07, 6.45) is 6.49. The summed E-state index contributed by atoms with van der Waals surface area (Å²) in [4.78, 5) is 31.4. The molecule has 0 aliphatic rings. The van der Waals surface area contributed by atoms with Crippen molar-refractivity contribution < 1.29 is 19.7 Å². The van der Waals surface area contributed by atoms with Crippen LogP contribution >= 0.6 is 11.9 Å². The molecule has 1 unspecified atom stereocenters. The molecule has 3 aromatic heterocycles. The van der Waals surface area contributed by atoms with Gasteiger partial charge in [0.2, 0.25) is 11.8 Å². The Kier molecular flexibility index (Phi) is 12.8. The molecule has 3 heterocycles. The van der Waals surface area contributed by atoms with Gasteiger partial charge in [-0.25, -0.2) is 14.8 Å². The van der Waals surface area contributed by atoms with E-state index in [1.807, 2.05) is 31.4 Å². The second-order valence-electron chi connectivity index (χ2n) is 12.9. The van der Waals surface area contributed by atoms with E-state index >= 15 is 0 Å². The SMILES string of the molecule is Cc1cccc(C)c1-c1cc(OCC(CCCCCCO)NCc2cnc3cc(C(C)C)n(C)c3n2)nc(NSc2cccc(C(=O)O)c2)n1. The second kappa shape index (κ2) is 17.4. The highest BCUT2D eigenvalue weighted by Crippen LogP contribution is 2.30. The summed E-state index contributed by atoms with van der Waals surface area (Å²) in [5, 5.41) is 22.3. The number of aryl methyl sites for hydroxylation is 3. The number of hydrogen-bond donors (Lipinski definition) is 4. The van der Waals surface area contributed by atoms with Crippen molar-refractivity contribution in [3.63, 3.8) is 0 Å². The van der Waals surface area contributed by atoms with E-state index in [-0.39, 0.29) is 18.2 Å². The van der Waals surface area contributed by atoms with Gasteiger partial charge >= 0.3 is 5.97 Å². The van der Waals surface area contributed by atoms with E-state index in [9.17, 15) is 15.0 Å². The number of nitrogens with zero attached hydrogens (tertiary/aromatic N) is 5. The minimum Gasteiger partial charge on any atom is -0.478 e. The molecule has 11 nitrogen and oxygen atoms in total. The summed E-state index contributed by atoms with van der Waals surface area (Å²) in [7, 11) is 2.04. The van der Waals surface area contributed by atoms with Crippen LogP contribution in [0.2, 0.25) is 0 Å². The van der Waals surface area contributed by atoms with Gasteiger partial charge in [-0.05, 0) is 79.9 Å². The number of aliphatic hydroxyl groups is 1. The van der Waals surface area contributed by atoms with Crippen LogP contribution in [-0.2, 0) is 13.6 Å². The summed E-state index contributed by atoms with van der Waals surface area (Å²) >= 11 is 1.24. The summed E-state index contributed by atoms with van der Waals surface area (Å²) in [6, 6.07) is 16.8. The number of aliphatic hydroxyl groups excluding tert-OH is 1. The van der Waals surface area contributed by atoms with Crippen molar-refractivity contribution in [2.75, 3.05) is 17.9 Å². The monoisotopic (exact) mass is 697 g/mol. The van der Waals surface area contributed by atoms with Crippen LogP contribution in [0.5, 0.6) is 5.88 Å². The minimum atomic E-state index is -0.985. The molecule has 5 rings (SSSR count). The minimum absolute atomic E-state index is 0.00409. The molecule has 1 atom stereocenters. The number of aromatic carboxylic acids is 1. The number of carboxylic acid groups (broad SMARTS) is 1. The number of fused-ring (bicyclic) bond motifs is 1. The lowest BCUT2D eigenvalue weighted by Crippen LogP contribution is -2.34. The van der Waals surface area contributed by atoms with E-state index in [0.717, 1.165) is 76.2 Å². The number of anilines is 1. The standard InChI is InChI=1S/C38H47N7O4S/c1-24(2)33-19-32-36(45(33)5)41-29(22-40-32)21-39-28(15-8-6-7-9-17-46)23-49-34-20-31(35-25(3)12-10-13-26(35)4)42-38(43-34)44-50-30-16-11-14-27(18-30)37(47)48/h10-14,16,18-20,22,24,28,39,46H,6-9,15,17,21,23H2,1-5H3,(H,47,48)(H,42,43,44). The molecule has 5 aromatic rings. The third-order valence-corrected chi connectivity index (χ3v) is 9.43. The van der Waals surface area contributed by atoms with E-state index in [1.165, 1.54) is 17.6 Å². The maximum absolute atomic E-state index is 11.5. The molecule has 0 fully saturated rings. The zero-order chi connectivity index (χ0) is 35.6. The van der Waals surface area contributed by atoms with Crippen molar-refractivity contribution in [3.8, 4) is 17.1 Å². The Morgan fingerprint density at radius 3 is 2.48 bits per heavy atom. The molecule has 50 heavy (non-hydrogen) atoms. The highest BCUT2D eigenvalue weighted by atomic mass is 32.2. The molecule has 0 radical (unpaired) electrons. The quantitative estimate of drug-likeness (QED) is 0.0534. The fraction of sp³-hybridized carbons (Fsp3) is 0.395. The number of ether oxygens (including phenoxy) is 1. The first-order chi connectivity index (χ1) is 24.1. The van der Waals surface area contributed by atoms with Crippen LogP contribution in [0.25, 0.3) is 22.4 Å². The van der Waals surface area contributed by atoms with Gasteiger partial charge < -0.3 is 24.8 Å². The fourth-order valence-corrected chi connectivity index (χ4v) is 6.63. The number of carbonyl (C=O) groups is 1. The number of rotatable bonds is 18. The average Bonchev–Trinajstić information content (AvgIpc) is 3.43. The van der Waals surface area contributed by atoms with Gasteiger partial charge in [-0.3, -0.25) is 9.71 Å². The molecule has 0 saturated carbocycles. The number of carboxylic acids is 1. The van der Waals surface area contributed by atoms with Crippen LogP contribution in [0.1, 0.15) is 84.7 Å². The number of aromatic nitrogens is 5. The largest absolute Gasteiger partial charge is 0.478 e. The molecular formula is C38H47N7O4S. The topological polar surface area (TPSA) is 147 Å². The number of unbranched alkanes of at least 4 members (excludes halogenated alkanes) is 3. The van der Waals surface area contributed by atoms with Crippen LogP contribution in [0.4, 0.5) is 5.95 Å². The molecular weight excluding hydrogens is 651 g/mol. The third-order valence-electron chi connectivity index (χ3n) is 8.66. The smallest absolute Gasteiger partial charge is 0.335 e. The average molecular weight is 698 g/mol. The molecule has 264 valence electrons. The Morgan fingerprint density at radius 2 is 1.74 bits per heavy atom. The van der Waals surface area contributed by atoms with Gasteiger partial charge in [-0.2, -0.15) is 4.98 Å². The number of nitrogens with one attached hydrogen (secondary N) is 2. The highest BCUT2D eigenvalue weighted by Gasteiger charge is 2.17. The molecule has 0 spiro atoms. The molecule has 0 amide bonds. The molecule has 12 heteroatoms. The van der Waals surface area contributed by atoms with Crippen molar-refractivity contribution in [2.24, 2.45) is 7.05 Å². The fourth-order valence-electron chi connectivity index (χ4n) is 5.99. The Labute approximate surface area is 298 Å². The van der Waals surface area contributed by atoms with Gasteiger partial charge in [0.1, 0.15) is 12.1 Å². The maximum atomic E-state index is 11.5. The lowest BCUT2D eigenvalue weighted by molar-refractivity contribution is 0.0696. The molecule has 0 aliphatic heterocycles. The van der Waals surface area contributed by atoms with Gasteiger partial charge in [0.15, 0.2) is 5.65 Å². The summed E-state index contributed by atoms with van der Waals surface area (Å²) in [5.41, 5.74) is 7.93. The van der Waals surface area contributed by atoms with Crippen LogP contribution in [-0.4, -0.2) is 59.9 Å². The normalized spacial score (nSPS) is 12.1. The zero-order valence-corrected chi connectivity index (χ0v) is 30.3. The molecule has 0 saturated heterocycles. The van der Waals surface area contributed by atoms with Crippen LogP contribution < -0.4 is 14.8 Å². The van der Waals surface area contributed by atoms with Crippen molar-refractivity contribution in [3.05, 3.63) is 88.9 Å². The predicted octanol–water partition coefficient (Wildman–Crippen LogP) is 7.46. The zero-order valence-electron chi connectivity index (χ0n) is 29.4. The van der Waals surface area contributed by atoms with E-state index in [1.54, 1.807) is 18.2 Å². The predicted molar refractivity (Wildman–Crippen MR) is 199 cm³/mol. The van der Waals surface area contributed by atoms with Gasteiger partial charge in [-0.15, -0.1) is 0 Å². The summed E-state index contributed by atoms with van der Waals surface area (Å²) < 4.78 is 11.7. The van der Waals surface area contributed by atoms with E-state index in [2.05, 4.69) is 60.5 Å². The maximum Gasteiger partial charge on any atom is 0.335 e. The van der Waals surface area contributed by atoms with Gasteiger partial charge in [0, 0.05) is 48.5 Å². The molecule has 2 aromatic carbocycles. The first kappa shape index (κ1) is 36.8. The van der Waals surface area contributed by atoms with E-state index < -0.39 is 5.97 Å². The number of hydrogen-bond acceptors (Lipinski definition) is 10. The Hall–Kier alpha value is -4.52. The van der Waals surface area contributed by atoms with E-state index in [4.69, 9.17) is 24.7 Å². The van der Waals surface area contributed by atoms with Crippen LogP contribution in [0.15, 0.2) is 65.7 Å². The number of benzene rings is 2. The third kappa shape index (κ3) is 9.58. The Bertz CT molecular complexity index is 1890. The summed E-state index contributed by atoms with van der Waals surface area (Å²) in [5.74, 6) is 0.171. The highest BCUT2D eigenvalue weighted by molar-refractivity contribution is 8.00. The molecule has 0 aliphatic carbocycles.